The number of halogens is 1. The van der Waals surface area contributed by atoms with Gasteiger partial charge in [-0.15, -0.1) is 0 Å². The molecule has 0 bridgehead atoms. The second-order valence-electron chi connectivity index (χ2n) is 4.25. The van der Waals surface area contributed by atoms with Gasteiger partial charge in [0.05, 0.1) is 15.7 Å². The zero-order valence-electron chi connectivity index (χ0n) is 11.1. The number of nitrogens with two attached hydrogens (primary N) is 1. The highest BCUT2D eigenvalue weighted by Crippen LogP contribution is 2.21. The number of carbonyl (C=O) groups is 1. The van der Waals surface area contributed by atoms with Gasteiger partial charge in [0.1, 0.15) is 5.75 Å². The van der Waals surface area contributed by atoms with E-state index in [9.17, 15) is 9.00 Å². The number of hydrogen-bond donors (Lipinski definition) is 2. The van der Waals surface area contributed by atoms with E-state index >= 15 is 0 Å². The largest absolute Gasteiger partial charge is 0.398 e. The van der Waals surface area contributed by atoms with Gasteiger partial charge >= 0.3 is 0 Å². The Morgan fingerprint density at radius 1 is 1.42 bits per heavy atom. The molecule has 106 valence electrons. The molecule has 0 aliphatic heterocycles. The maximum Gasteiger partial charge on any atom is 0.233 e. The minimum atomic E-state index is -1.45. The first-order valence-corrected chi connectivity index (χ1v) is 7.90. The summed E-state index contributed by atoms with van der Waals surface area (Å²) in [6.07, 6.45) is 1.72. The fourth-order valence-electron chi connectivity index (χ4n) is 1.69. The molecule has 1 atom stereocenters. The van der Waals surface area contributed by atoms with Gasteiger partial charge in [-0.2, -0.15) is 0 Å². The highest BCUT2D eigenvalue weighted by Gasteiger charge is 2.15. The first-order valence-electron chi connectivity index (χ1n) is 6.20. The van der Waals surface area contributed by atoms with Gasteiger partial charge in [-0.3, -0.25) is 9.00 Å². The summed E-state index contributed by atoms with van der Waals surface area (Å²) in [4.78, 5) is 12.2. The topological polar surface area (TPSA) is 72.2 Å². The molecule has 0 saturated carbocycles. The third-order valence-electron chi connectivity index (χ3n) is 2.83. The molecule has 1 aromatic rings. The third kappa shape index (κ3) is 4.84. The number of amides is 1. The second-order valence-corrected chi connectivity index (χ2v) is 6.11. The van der Waals surface area contributed by atoms with Gasteiger partial charge in [-0.25, -0.2) is 0 Å². The Morgan fingerprint density at radius 2 is 2.05 bits per heavy atom. The summed E-state index contributed by atoms with van der Waals surface area (Å²) < 4.78 is 12.1. The number of nitrogens with one attached hydrogen (secondary N) is 1. The fourth-order valence-corrected chi connectivity index (χ4v) is 2.88. The minimum Gasteiger partial charge on any atom is -0.398 e. The Kier molecular flexibility index (Phi) is 6.31. The van der Waals surface area contributed by atoms with Crippen LogP contribution in [0.3, 0.4) is 0 Å². The molecule has 0 heterocycles. The number of rotatable bonds is 6. The van der Waals surface area contributed by atoms with Crippen molar-refractivity contribution in [1.82, 2.24) is 5.32 Å². The van der Waals surface area contributed by atoms with Gasteiger partial charge in [0, 0.05) is 16.8 Å². The molecule has 0 saturated heterocycles. The SMILES string of the molecule is CCC(CC)NC(=O)CS(=O)c1ccc(Cl)cc1N. The van der Waals surface area contributed by atoms with Crippen LogP contribution in [0.2, 0.25) is 5.02 Å². The third-order valence-corrected chi connectivity index (χ3v) is 4.45. The van der Waals surface area contributed by atoms with Crippen LogP contribution in [0.4, 0.5) is 5.69 Å². The Morgan fingerprint density at radius 3 is 2.58 bits per heavy atom. The number of nitrogen functional groups attached to an aromatic ring is 1. The molecular formula is C13H19ClN2O2S. The molecule has 1 aromatic carbocycles. The van der Waals surface area contributed by atoms with Gasteiger partial charge < -0.3 is 11.1 Å². The normalized spacial score (nSPS) is 12.4. The van der Waals surface area contributed by atoms with Gasteiger partial charge in [-0.1, -0.05) is 25.4 Å². The number of carbonyl (C=O) groups excluding carboxylic acids is 1. The lowest BCUT2D eigenvalue weighted by molar-refractivity contribution is -0.119. The molecule has 1 amide bonds. The van der Waals surface area contributed by atoms with Crippen molar-refractivity contribution in [1.29, 1.82) is 0 Å². The first kappa shape index (κ1) is 16.0. The lowest BCUT2D eigenvalue weighted by atomic mass is 10.2. The summed E-state index contributed by atoms with van der Waals surface area (Å²) in [6.45, 7) is 4.01. The molecule has 0 aromatic heterocycles. The van der Waals surface area contributed by atoms with Gasteiger partial charge in [0.15, 0.2) is 0 Å². The Labute approximate surface area is 121 Å². The van der Waals surface area contributed by atoms with Crippen LogP contribution in [0, 0.1) is 0 Å². The molecule has 3 N–H and O–H groups in total. The van der Waals surface area contributed by atoms with Crippen molar-refractivity contribution in [3.63, 3.8) is 0 Å². The summed E-state index contributed by atoms with van der Waals surface area (Å²) in [5, 5.41) is 3.33. The highest BCUT2D eigenvalue weighted by atomic mass is 35.5. The monoisotopic (exact) mass is 302 g/mol. The molecule has 0 spiro atoms. The minimum absolute atomic E-state index is 0.0810. The molecular weight excluding hydrogens is 284 g/mol. The smallest absolute Gasteiger partial charge is 0.233 e. The van der Waals surface area contributed by atoms with E-state index in [1.807, 2.05) is 13.8 Å². The Hall–Kier alpha value is -1.07. The zero-order chi connectivity index (χ0) is 14.4. The van der Waals surface area contributed by atoms with E-state index < -0.39 is 10.8 Å². The molecule has 0 fully saturated rings. The quantitative estimate of drug-likeness (QED) is 0.792. The van der Waals surface area contributed by atoms with Crippen molar-refractivity contribution >= 4 is 34.0 Å². The van der Waals surface area contributed by atoms with Crippen LogP contribution in [-0.2, 0) is 15.6 Å². The van der Waals surface area contributed by atoms with Crippen molar-refractivity contribution in [3.05, 3.63) is 23.2 Å². The summed E-state index contributed by atoms with van der Waals surface area (Å²) in [7, 11) is -1.45. The maximum atomic E-state index is 12.1. The number of anilines is 1. The predicted octanol–water partition coefficient (Wildman–Crippen LogP) is 2.33. The van der Waals surface area contributed by atoms with Crippen molar-refractivity contribution in [2.75, 3.05) is 11.5 Å². The highest BCUT2D eigenvalue weighted by molar-refractivity contribution is 7.86. The maximum absolute atomic E-state index is 12.1. The van der Waals surface area contributed by atoms with Crippen LogP contribution in [-0.4, -0.2) is 21.9 Å². The van der Waals surface area contributed by atoms with E-state index in [2.05, 4.69) is 5.32 Å². The van der Waals surface area contributed by atoms with E-state index in [1.165, 1.54) is 6.07 Å². The van der Waals surface area contributed by atoms with E-state index in [0.29, 0.717) is 15.6 Å². The predicted molar refractivity (Wildman–Crippen MR) is 79.7 cm³/mol. The van der Waals surface area contributed by atoms with Crippen molar-refractivity contribution < 1.29 is 9.00 Å². The van der Waals surface area contributed by atoms with E-state index in [4.69, 9.17) is 17.3 Å². The van der Waals surface area contributed by atoms with Crippen molar-refractivity contribution in [2.45, 2.75) is 37.6 Å². The van der Waals surface area contributed by atoms with Crippen LogP contribution in [0.1, 0.15) is 26.7 Å². The zero-order valence-corrected chi connectivity index (χ0v) is 12.7. The molecule has 19 heavy (non-hydrogen) atoms. The fraction of sp³-hybridized carbons (Fsp3) is 0.462. The van der Waals surface area contributed by atoms with E-state index in [0.717, 1.165) is 12.8 Å². The molecule has 1 unspecified atom stereocenters. The van der Waals surface area contributed by atoms with Crippen molar-refractivity contribution in [2.24, 2.45) is 0 Å². The second kappa shape index (κ2) is 7.50. The molecule has 0 radical (unpaired) electrons. The lowest BCUT2D eigenvalue weighted by Crippen LogP contribution is -2.36. The van der Waals surface area contributed by atoms with Crippen LogP contribution in [0.5, 0.6) is 0 Å². The van der Waals surface area contributed by atoms with Gasteiger partial charge in [0.2, 0.25) is 5.91 Å². The molecule has 1 rings (SSSR count). The lowest BCUT2D eigenvalue weighted by Gasteiger charge is -2.14. The average molecular weight is 303 g/mol. The first-order chi connectivity index (χ1) is 8.97. The van der Waals surface area contributed by atoms with Crippen LogP contribution < -0.4 is 11.1 Å². The standard InChI is InChI=1S/C13H19ClN2O2S/c1-3-10(4-2)16-13(17)8-19(18)12-6-5-9(14)7-11(12)15/h5-7,10H,3-4,8,15H2,1-2H3,(H,16,17). The molecule has 6 heteroatoms. The Bertz CT molecular complexity index is 476. The molecule has 0 aliphatic carbocycles. The van der Waals surface area contributed by atoms with Gasteiger partial charge in [-0.05, 0) is 31.0 Å². The average Bonchev–Trinajstić information content (AvgIpc) is 2.35. The van der Waals surface area contributed by atoms with Crippen molar-refractivity contribution in [3.8, 4) is 0 Å². The summed E-state index contributed by atoms with van der Waals surface area (Å²) in [5.74, 6) is -0.302. The molecule has 4 nitrogen and oxygen atoms in total. The van der Waals surface area contributed by atoms with Crippen LogP contribution in [0.25, 0.3) is 0 Å². The number of hydrogen-bond acceptors (Lipinski definition) is 3. The Balaban J connectivity index is 2.66. The molecule has 0 aliphatic rings. The number of benzene rings is 1. The van der Waals surface area contributed by atoms with E-state index in [1.54, 1.807) is 12.1 Å². The van der Waals surface area contributed by atoms with Crippen LogP contribution in [0.15, 0.2) is 23.1 Å². The summed E-state index contributed by atoms with van der Waals surface area (Å²) in [6, 6.07) is 4.88. The van der Waals surface area contributed by atoms with Gasteiger partial charge in [0.25, 0.3) is 0 Å². The van der Waals surface area contributed by atoms with Crippen LogP contribution >= 0.6 is 11.6 Å². The summed E-state index contributed by atoms with van der Waals surface area (Å²) >= 11 is 5.78. The summed E-state index contributed by atoms with van der Waals surface area (Å²) in [5.41, 5.74) is 6.09. The van der Waals surface area contributed by atoms with E-state index in [-0.39, 0.29) is 17.7 Å².